The summed E-state index contributed by atoms with van der Waals surface area (Å²) in [6.07, 6.45) is 0. The molecule has 23 heavy (non-hydrogen) atoms. The van der Waals surface area contributed by atoms with Gasteiger partial charge in [-0.1, -0.05) is 39.5 Å². The molecule has 0 atom stereocenters. The van der Waals surface area contributed by atoms with Gasteiger partial charge in [0.25, 0.3) is 0 Å². The first-order chi connectivity index (χ1) is 10.8. The average Bonchev–Trinajstić information content (AvgIpc) is 2.43. The summed E-state index contributed by atoms with van der Waals surface area (Å²) in [5, 5.41) is 1.25. The van der Waals surface area contributed by atoms with Crippen LogP contribution in [0.4, 0.5) is 0 Å². The van der Waals surface area contributed by atoms with E-state index in [4.69, 9.17) is 0 Å². The van der Waals surface area contributed by atoms with E-state index in [0.29, 0.717) is 10.5 Å². The first-order valence-corrected chi connectivity index (χ1v) is 10.6. The molecule has 124 valence electrons. The topological polar surface area (TPSA) is 0 Å². The van der Waals surface area contributed by atoms with Crippen LogP contribution in [0, 0.1) is 13.8 Å². The molecule has 0 spiro atoms. The van der Waals surface area contributed by atoms with Crippen molar-refractivity contribution in [3.05, 3.63) is 47.5 Å². The monoisotopic (exact) mass is 362 g/mol. The summed E-state index contributed by atoms with van der Waals surface area (Å²) < 4.78 is 0. The predicted octanol–water partition coefficient (Wildman–Crippen LogP) is 7.46. The fourth-order valence-corrected chi connectivity index (χ4v) is 5.10. The zero-order valence-electron chi connectivity index (χ0n) is 14.8. The smallest absolute Gasteiger partial charge is 0.0152 e. The Morgan fingerprint density at radius 2 is 1.04 bits per heavy atom. The quantitative estimate of drug-likeness (QED) is 0.490. The van der Waals surface area contributed by atoms with E-state index in [2.05, 4.69) is 77.9 Å². The molecule has 0 radical (unpaired) electrons. The maximum absolute atomic E-state index is 2.31. The molecule has 0 heterocycles. The maximum atomic E-state index is 2.31. The molecule has 2 rings (SSSR count). The number of benzene rings is 2. The van der Waals surface area contributed by atoms with Gasteiger partial charge in [0.15, 0.2) is 0 Å². The van der Waals surface area contributed by atoms with Crippen molar-refractivity contribution in [2.45, 2.75) is 71.6 Å². The van der Waals surface area contributed by atoms with Crippen LogP contribution < -0.4 is 0 Å². The Morgan fingerprint density at radius 3 is 1.35 bits per heavy atom. The van der Waals surface area contributed by atoms with Crippen molar-refractivity contribution in [1.29, 1.82) is 0 Å². The van der Waals surface area contributed by atoms with Crippen molar-refractivity contribution >= 4 is 35.3 Å². The van der Waals surface area contributed by atoms with Gasteiger partial charge < -0.3 is 0 Å². The zero-order chi connectivity index (χ0) is 17.0. The lowest BCUT2D eigenvalue weighted by Crippen LogP contribution is -1.89. The van der Waals surface area contributed by atoms with Crippen LogP contribution in [0.5, 0.6) is 0 Å². The second kappa shape index (κ2) is 8.55. The molecule has 2 aromatic rings. The molecule has 0 nitrogen and oxygen atoms in total. The Hall–Kier alpha value is -0.510. The summed E-state index contributed by atoms with van der Waals surface area (Å²) in [4.78, 5) is 5.43. The number of thioether (sulfide) groups is 2. The Kier molecular flexibility index (Phi) is 7.00. The third-order valence-electron chi connectivity index (χ3n) is 3.26. The lowest BCUT2D eigenvalue weighted by atomic mass is 10.2. The highest BCUT2D eigenvalue weighted by molar-refractivity contribution is 8.00. The minimum absolute atomic E-state index is 0.626. The van der Waals surface area contributed by atoms with E-state index >= 15 is 0 Å². The fourth-order valence-electron chi connectivity index (χ4n) is 2.28. The van der Waals surface area contributed by atoms with Gasteiger partial charge in [0.1, 0.15) is 0 Å². The van der Waals surface area contributed by atoms with E-state index < -0.39 is 0 Å². The van der Waals surface area contributed by atoms with Gasteiger partial charge in [0, 0.05) is 30.1 Å². The molecular formula is C20H26S3. The Balaban J connectivity index is 2.15. The van der Waals surface area contributed by atoms with Crippen LogP contribution in [-0.4, -0.2) is 10.5 Å². The van der Waals surface area contributed by atoms with Crippen LogP contribution >= 0.6 is 35.3 Å². The highest BCUT2D eigenvalue weighted by Gasteiger charge is 2.08. The SMILES string of the molecule is Cc1cc(SC(C)C)ccc1Sc1ccc(SC(C)C)cc1C. The first-order valence-electron chi connectivity index (χ1n) is 8.07. The third kappa shape index (κ3) is 5.81. The van der Waals surface area contributed by atoms with Crippen molar-refractivity contribution in [2.24, 2.45) is 0 Å². The van der Waals surface area contributed by atoms with E-state index in [1.807, 2.05) is 35.3 Å². The Labute approximate surface area is 154 Å². The molecule has 0 aliphatic carbocycles. The zero-order valence-corrected chi connectivity index (χ0v) is 17.3. The van der Waals surface area contributed by atoms with E-state index in [0.717, 1.165) is 0 Å². The van der Waals surface area contributed by atoms with Crippen molar-refractivity contribution in [3.8, 4) is 0 Å². The van der Waals surface area contributed by atoms with Gasteiger partial charge in [-0.05, 0) is 61.4 Å². The summed E-state index contributed by atoms with van der Waals surface area (Å²) in [6, 6.07) is 13.6. The lowest BCUT2D eigenvalue weighted by Gasteiger charge is -2.12. The third-order valence-corrected chi connectivity index (χ3v) is 6.61. The molecule has 0 bridgehead atoms. The first kappa shape index (κ1) is 18.8. The molecule has 3 heteroatoms. The molecule has 0 aliphatic heterocycles. The fraction of sp³-hybridized carbons (Fsp3) is 0.400. The minimum atomic E-state index is 0.626. The van der Waals surface area contributed by atoms with E-state index in [1.54, 1.807) is 0 Å². The standard InChI is InChI=1S/C20H26S3/c1-13(2)21-17-7-9-19(15(5)11-17)23-20-10-8-18(12-16(20)6)22-14(3)4/h7-14H,1-6H3. The Morgan fingerprint density at radius 1 is 0.652 bits per heavy atom. The number of hydrogen-bond donors (Lipinski definition) is 0. The molecule has 0 saturated carbocycles. The normalized spacial score (nSPS) is 11.5. The van der Waals surface area contributed by atoms with Gasteiger partial charge in [-0.2, -0.15) is 0 Å². The summed E-state index contributed by atoms with van der Waals surface area (Å²) in [7, 11) is 0. The van der Waals surface area contributed by atoms with Crippen LogP contribution in [0.2, 0.25) is 0 Å². The highest BCUT2D eigenvalue weighted by atomic mass is 32.2. The molecule has 0 unspecified atom stereocenters. The molecular weight excluding hydrogens is 336 g/mol. The summed E-state index contributed by atoms with van der Waals surface area (Å²) in [5.74, 6) is 0. The van der Waals surface area contributed by atoms with Gasteiger partial charge in [-0.25, -0.2) is 0 Å². The van der Waals surface area contributed by atoms with E-state index in [-0.39, 0.29) is 0 Å². The molecule has 0 amide bonds. The number of rotatable bonds is 6. The van der Waals surface area contributed by atoms with Crippen molar-refractivity contribution in [1.82, 2.24) is 0 Å². The predicted molar refractivity (Wildman–Crippen MR) is 108 cm³/mol. The van der Waals surface area contributed by atoms with Gasteiger partial charge >= 0.3 is 0 Å². The summed E-state index contributed by atoms with van der Waals surface area (Å²) in [5.41, 5.74) is 2.72. The van der Waals surface area contributed by atoms with Gasteiger partial charge in [-0.15, -0.1) is 23.5 Å². The number of hydrogen-bond acceptors (Lipinski definition) is 3. The van der Waals surface area contributed by atoms with Crippen molar-refractivity contribution in [2.75, 3.05) is 0 Å². The molecule has 0 N–H and O–H groups in total. The second-order valence-corrected chi connectivity index (χ2v) is 10.7. The van der Waals surface area contributed by atoms with Crippen LogP contribution in [0.3, 0.4) is 0 Å². The molecule has 2 aromatic carbocycles. The van der Waals surface area contributed by atoms with Gasteiger partial charge in [0.2, 0.25) is 0 Å². The van der Waals surface area contributed by atoms with Crippen LogP contribution in [-0.2, 0) is 0 Å². The van der Waals surface area contributed by atoms with Crippen molar-refractivity contribution < 1.29 is 0 Å². The molecule has 0 saturated heterocycles. The second-order valence-electron chi connectivity index (χ2n) is 6.29. The Bertz CT molecular complexity index is 602. The van der Waals surface area contributed by atoms with Crippen LogP contribution in [0.25, 0.3) is 0 Å². The molecule has 0 aromatic heterocycles. The average molecular weight is 363 g/mol. The van der Waals surface area contributed by atoms with Crippen LogP contribution in [0.15, 0.2) is 56.0 Å². The van der Waals surface area contributed by atoms with Gasteiger partial charge in [-0.3, -0.25) is 0 Å². The number of aryl methyl sites for hydroxylation is 2. The summed E-state index contributed by atoms with van der Waals surface area (Å²) >= 11 is 5.73. The van der Waals surface area contributed by atoms with Gasteiger partial charge in [0.05, 0.1) is 0 Å². The van der Waals surface area contributed by atoms with Crippen molar-refractivity contribution in [3.63, 3.8) is 0 Å². The maximum Gasteiger partial charge on any atom is 0.0152 e. The lowest BCUT2D eigenvalue weighted by molar-refractivity contribution is 1.10. The van der Waals surface area contributed by atoms with E-state index in [1.165, 1.54) is 30.7 Å². The summed E-state index contributed by atoms with van der Waals surface area (Å²) in [6.45, 7) is 13.4. The molecule has 0 aliphatic rings. The molecule has 0 fully saturated rings. The minimum Gasteiger partial charge on any atom is -0.123 e. The highest BCUT2D eigenvalue weighted by Crippen LogP contribution is 2.36. The van der Waals surface area contributed by atoms with E-state index in [9.17, 15) is 0 Å². The van der Waals surface area contributed by atoms with Crippen LogP contribution in [0.1, 0.15) is 38.8 Å². The largest absolute Gasteiger partial charge is 0.123 e.